The number of benzene rings is 1. The maximum absolute atomic E-state index is 12.2. The number of amides is 3. The summed E-state index contributed by atoms with van der Waals surface area (Å²) in [5, 5.41) is 0.559. The summed E-state index contributed by atoms with van der Waals surface area (Å²) < 4.78 is 2.69. The first-order valence-corrected chi connectivity index (χ1v) is 7.00. The first-order chi connectivity index (χ1) is 9.06. The lowest BCUT2D eigenvalue weighted by Crippen LogP contribution is -2.34. The van der Waals surface area contributed by atoms with Gasteiger partial charge in [0.1, 0.15) is 6.04 Å². The number of anilines is 1. The Morgan fingerprint density at radius 3 is 2.53 bits per heavy atom. The Hall–Kier alpha value is -1.26. The maximum Gasteiger partial charge on any atom is 0.332 e. The van der Waals surface area contributed by atoms with Gasteiger partial charge >= 0.3 is 6.03 Å². The van der Waals surface area contributed by atoms with Crippen LogP contribution in [0.3, 0.4) is 0 Å². The molecule has 1 unspecified atom stereocenters. The van der Waals surface area contributed by atoms with Gasteiger partial charge in [-0.2, -0.15) is 0 Å². The molecule has 1 saturated heterocycles. The van der Waals surface area contributed by atoms with Crippen LogP contribution in [-0.2, 0) is 4.79 Å². The number of carbonyl (C=O) groups is 2. The van der Waals surface area contributed by atoms with E-state index >= 15 is 0 Å². The highest BCUT2D eigenvalue weighted by atomic mass is 127. The van der Waals surface area contributed by atoms with Crippen LogP contribution in [0.1, 0.15) is 6.92 Å². The second kappa shape index (κ2) is 5.80. The molecule has 3 amide bonds. The molecule has 1 aromatic carbocycles. The van der Waals surface area contributed by atoms with Crippen molar-refractivity contribution in [3.8, 4) is 9.85 Å². The van der Waals surface area contributed by atoms with Crippen LogP contribution in [0, 0.1) is 9.85 Å². The molecule has 0 N–H and O–H groups in total. The number of nitrogens with zero attached hydrogens (tertiary/aromatic N) is 2. The molecule has 0 radical (unpaired) electrons. The van der Waals surface area contributed by atoms with Gasteiger partial charge < -0.3 is 4.90 Å². The van der Waals surface area contributed by atoms with Gasteiger partial charge in [0.15, 0.2) is 0 Å². The first kappa shape index (κ1) is 14.2. The molecule has 6 heteroatoms. The van der Waals surface area contributed by atoms with E-state index in [1.165, 1.54) is 4.90 Å². The molecule has 1 aromatic rings. The Morgan fingerprint density at radius 1 is 1.32 bits per heavy atom. The number of imide groups is 1. The number of carbonyl (C=O) groups excluding carboxylic acids is 2. The molecule has 1 heterocycles. The van der Waals surface area contributed by atoms with E-state index < -0.39 is 6.04 Å². The summed E-state index contributed by atoms with van der Waals surface area (Å²) >= 11 is 7.70. The Kier molecular flexibility index (Phi) is 4.32. The van der Waals surface area contributed by atoms with E-state index in [0.29, 0.717) is 10.7 Å². The van der Waals surface area contributed by atoms with Gasteiger partial charge in [-0.05, 0) is 35.1 Å². The van der Waals surface area contributed by atoms with Crippen LogP contribution in [0.25, 0.3) is 0 Å². The first-order valence-electron chi connectivity index (χ1n) is 5.55. The minimum atomic E-state index is -0.500. The van der Waals surface area contributed by atoms with Gasteiger partial charge in [0, 0.05) is 27.6 Å². The minimum absolute atomic E-state index is 0.248. The number of hydrogen-bond acceptors (Lipinski definition) is 2. The summed E-state index contributed by atoms with van der Waals surface area (Å²) in [6.45, 7) is 1.95. The van der Waals surface area contributed by atoms with Crippen LogP contribution in [0.15, 0.2) is 24.3 Å². The smallest absolute Gasteiger partial charge is 0.301 e. The second-order valence-corrected chi connectivity index (χ2v) is 4.98. The Bertz CT molecular complexity index is 577. The average molecular weight is 389 g/mol. The molecule has 1 atom stereocenters. The molecule has 19 heavy (non-hydrogen) atoms. The number of halogens is 2. The summed E-state index contributed by atoms with van der Waals surface area (Å²) in [6, 6.07) is 5.75. The van der Waals surface area contributed by atoms with Gasteiger partial charge in [-0.1, -0.05) is 17.5 Å². The van der Waals surface area contributed by atoms with Gasteiger partial charge in [0.2, 0.25) is 0 Å². The van der Waals surface area contributed by atoms with E-state index in [1.54, 1.807) is 31.2 Å². The highest BCUT2D eigenvalue weighted by Gasteiger charge is 2.42. The van der Waals surface area contributed by atoms with Crippen LogP contribution >= 0.6 is 34.2 Å². The average Bonchev–Trinajstić information content (AvgIpc) is 2.60. The van der Waals surface area contributed by atoms with Crippen LogP contribution in [0.4, 0.5) is 10.5 Å². The molecule has 0 saturated carbocycles. The Labute approximate surface area is 129 Å². The Balaban J connectivity index is 2.31. The Morgan fingerprint density at radius 2 is 1.95 bits per heavy atom. The molecule has 98 valence electrons. The van der Waals surface area contributed by atoms with Crippen LogP contribution in [0.5, 0.6) is 0 Å². The normalized spacial score (nSPS) is 18.6. The van der Waals surface area contributed by atoms with Gasteiger partial charge in [-0.3, -0.25) is 4.79 Å². The van der Waals surface area contributed by atoms with Crippen molar-refractivity contribution in [2.24, 2.45) is 0 Å². The molecule has 0 aromatic heterocycles. The van der Waals surface area contributed by atoms with E-state index in [9.17, 15) is 9.59 Å². The molecular formula is C13H10ClIN2O2. The molecule has 2 rings (SSSR count). The van der Waals surface area contributed by atoms with Crippen molar-refractivity contribution in [2.75, 3.05) is 11.4 Å². The molecule has 1 aliphatic rings. The van der Waals surface area contributed by atoms with Crippen LogP contribution in [0.2, 0.25) is 5.02 Å². The molecule has 0 bridgehead atoms. The zero-order valence-corrected chi connectivity index (χ0v) is 13.0. The summed E-state index contributed by atoms with van der Waals surface area (Å²) in [4.78, 5) is 27.0. The SMILES string of the molecule is CC1C(=O)N(c2ccc(Cl)cc2)C(=O)N1CC#CI. The largest absolute Gasteiger partial charge is 0.332 e. The van der Waals surface area contributed by atoms with Crippen molar-refractivity contribution >= 4 is 51.8 Å². The standard InChI is InChI=1S/C13H10ClIN2O2/c1-9-12(18)17(11-5-3-10(14)4-6-11)13(19)16(9)8-2-7-15/h3-6,9H,8H2,1H3. The molecule has 1 aliphatic heterocycles. The number of urea groups is 1. The van der Waals surface area contributed by atoms with E-state index in [1.807, 2.05) is 22.6 Å². The van der Waals surface area contributed by atoms with Gasteiger partial charge in [-0.15, -0.1) is 0 Å². The number of hydrogen-bond donors (Lipinski definition) is 0. The van der Waals surface area contributed by atoms with Crippen LogP contribution in [-0.4, -0.2) is 29.4 Å². The number of rotatable bonds is 2. The van der Waals surface area contributed by atoms with Crippen LogP contribution < -0.4 is 4.90 Å². The molecule has 0 aliphatic carbocycles. The van der Waals surface area contributed by atoms with Gasteiger partial charge in [0.25, 0.3) is 5.91 Å². The van der Waals surface area contributed by atoms with Crippen molar-refractivity contribution in [1.29, 1.82) is 0 Å². The zero-order chi connectivity index (χ0) is 14.0. The summed E-state index contributed by atoms with van der Waals surface area (Å²) in [5.74, 6) is 2.55. The minimum Gasteiger partial charge on any atom is -0.301 e. The third-order valence-corrected chi connectivity index (χ3v) is 3.52. The fraction of sp³-hybridized carbons (Fsp3) is 0.231. The highest BCUT2D eigenvalue weighted by molar-refractivity contribution is 14.1. The summed E-state index contributed by atoms with van der Waals surface area (Å²) in [6.07, 6.45) is 0. The maximum atomic E-state index is 12.2. The second-order valence-electron chi connectivity index (χ2n) is 4.01. The van der Waals surface area contributed by atoms with Crippen molar-refractivity contribution < 1.29 is 9.59 Å². The summed E-state index contributed by atoms with van der Waals surface area (Å²) in [5.41, 5.74) is 0.524. The molecule has 4 nitrogen and oxygen atoms in total. The zero-order valence-electron chi connectivity index (χ0n) is 10.1. The van der Waals surface area contributed by atoms with Crippen molar-refractivity contribution in [2.45, 2.75) is 13.0 Å². The monoisotopic (exact) mass is 388 g/mol. The lowest BCUT2D eigenvalue weighted by atomic mass is 10.2. The van der Waals surface area contributed by atoms with Gasteiger partial charge in [0.05, 0.1) is 12.2 Å². The third-order valence-electron chi connectivity index (χ3n) is 2.88. The van der Waals surface area contributed by atoms with Gasteiger partial charge in [-0.25, -0.2) is 9.69 Å². The fourth-order valence-electron chi connectivity index (χ4n) is 1.86. The quantitative estimate of drug-likeness (QED) is 0.444. The molecular weight excluding hydrogens is 379 g/mol. The third kappa shape index (κ3) is 2.69. The predicted octanol–water partition coefficient (Wildman–Crippen LogP) is 2.89. The lowest BCUT2D eigenvalue weighted by molar-refractivity contribution is -0.119. The fourth-order valence-corrected chi connectivity index (χ4v) is 2.15. The van der Waals surface area contributed by atoms with Crippen molar-refractivity contribution in [1.82, 2.24) is 4.90 Å². The lowest BCUT2D eigenvalue weighted by Gasteiger charge is -2.16. The van der Waals surface area contributed by atoms with E-state index in [0.717, 1.165) is 4.90 Å². The van der Waals surface area contributed by atoms with E-state index in [-0.39, 0.29) is 18.5 Å². The highest BCUT2D eigenvalue weighted by Crippen LogP contribution is 2.25. The van der Waals surface area contributed by atoms with Crippen molar-refractivity contribution in [3.05, 3.63) is 29.3 Å². The molecule has 0 spiro atoms. The predicted molar refractivity (Wildman–Crippen MR) is 82.3 cm³/mol. The van der Waals surface area contributed by atoms with Crippen molar-refractivity contribution in [3.63, 3.8) is 0 Å². The summed E-state index contributed by atoms with van der Waals surface area (Å²) in [7, 11) is 0. The topological polar surface area (TPSA) is 40.6 Å². The molecule has 1 fully saturated rings. The van der Waals surface area contributed by atoms with E-state index in [4.69, 9.17) is 11.6 Å². The van der Waals surface area contributed by atoms with E-state index in [2.05, 4.69) is 9.85 Å².